The molecular weight excluding hydrogens is 295 g/mol. The first-order chi connectivity index (χ1) is 5.65. The topological polar surface area (TPSA) is 11.3 Å². The molecule has 1 nitrogen and oxygen atoms in total. The molecule has 0 N–H and O–H groups in total. The number of hydrogen-bond donors (Lipinski definition) is 1. The van der Waals surface area contributed by atoms with E-state index in [4.69, 9.17) is 4.42 Å². The highest BCUT2D eigenvalue weighted by Crippen LogP contribution is 2.21. The van der Waals surface area contributed by atoms with E-state index < -0.39 is 0 Å². The summed E-state index contributed by atoms with van der Waals surface area (Å²) in [6.45, 7) is 7.55. The number of hydrogen-bond acceptors (Lipinski definition) is 1. The Labute approximate surface area is 102 Å². The summed E-state index contributed by atoms with van der Waals surface area (Å²) in [6.07, 6.45) is 2.71. The van der Waals surface area contributed by atoms with Crippen molar-refractivity contribution in [2.45, 2.75) is 25.2 Å². The van der Waals surface area contributed by atoms with Crippen LogP contribution in [0.25, 0.3) is 0 Å². The lowest BCUT2D eigenvalue weighted by molar-refractivity contribution is -0.00000341. The highest BCUT2D eigenvalue weighted by molar-refractivity contribution is 7.80. The van der Waals surface area contributed by atoms with Gasteiger partial charge in [-0.15, -0.1) is 19.2 Å². The van der Waals surface area contributed by atoms with Crippen LogP contribution in [-0.4, -0.2) is 0 Å². The van der Waals surface area contributed by atoms with Crippen LogP contribution in [0, 0.1) is 13.8 Å². The molecule has 0 saturated heterocycles. The number of rotatable bonds is 2. The third-order valence-corrected chi connectivity index (χ3v) is 2.30. The summed E-state index contributed by atoms with van der Waals surface area (Å²) in [4.78, 5) is 0.931. The maximum Gasteiger partial charge on any atom is 0.339 e. The third-order valence-electron chi connectivity index (χ3n) is 1.69. The van der Waals surface area contributed by atoms with Crippen LogP contribution in [0.1, 0.15) is 17.1 Å². The van der Waals surface area contributed by atoms with E-state index in [1.807, 2.05) is 26.0 Å². The number of thiol groups is 1. The molecule has 1 aromatic rings. The average molecular weight is 308 g/mol. The Morgan fingerprint density at radius 3 is 2.69 bits per heavy atom. The Balaban J connectivity index is 0.00000144. The van der Waals surface area contributed by atoms with Crippen LogP contribution in [-0.2, 0) is 6.42 Å². The predicted octanol–water partition coefficient (Wildman–Crippen LogP) is 0.199. The van der Waals surface area contributed by atoms with E-state index in [0.29, 0.717) is 0 Å². The minimum atomic E-state index is 0. The molecule has 3 heteroatoms. The summed E-state index contributed by atoms with van der Waals surface area (Å²) in [5.74, 6) is 1.79. The largest absolute Gasteiger partial charge is 1.00 e. The molecule has 0 bridgehead atoms. The average Bonchev–Trinajstić information content (AvgIpc) is 2.00. The molecule has 0 fully saturated rings. The summed E-state index contributed by atoms with van der Waals surface area (Å²) >= 11 is 4.35. The molecule has 13 heavy (non-hydrogen) atoms. The van der Waals surface area contributed by atoms with Crippen LogP contribution in [0.2, 0.25) is 0 Å². The fourth-order valence-electron chi connectivity index (χ4n) is 1.17. The van der Waals surface area contributed by atoms with Crippen molar-refractivity contribution < 1.29 is 28.4 Å². The van der Waals surface area contributed by atoms with Crippen molar-refractivity contribution in [2.24, 2.45) is 0 Å². The summed E-state index contributed by atoms with van der Waals surface area (Å²) < 4.78 is 5.38. The van der Waals surface area contributed by atoms with Crippen LogP contribution in [0.15, 0.2) is 28.0 Å². The summed E-state index contributed by atoms with van der Waals surface area (Å²) in [6, 6.07) is 2.00. The summed E-state index contributed by atoms with van der Waals surface area (Å²) in [7, 11) is 0. The van der Waals surface area contributed by atoms with E-state index >= 15 is 0 Å². The lowest BCUT2D eigenvalue weighted by Crippen LogP contribution is -3.00. The molecule has 1 aromatic heterocycles. The molecule has 72 valence electrons. The van der Waals surface area contributed by atoms with Crippen molar-refractivity contribution in [1.29, 1.82) is 0 Å². The molecule has 0 aliphatic rings. The molecule has 0 aliphatic carbocycles. The van der Waals surface area contributed by atoms with Gasteiger partial charge in [0, 0.05) is 6.07 Å². The molecule has 0 spiro atoms. The first-order valence-electron chi connectivity index (χ1n) is 3.88. The van der Waals surface area contributed by atoms with Gasteiger partial charge in [0.25, 0.3) is 0 Å². The summed E-state index contributed by atoms with van der Waals surface area (Å²) in [5.41, 5.74) is 1.18. The van der Waals surface area contributed by atoms with Crippen molar-refractivity contribution in [3.05, 3.63) is 35.8 Å². The molecule has 0 aromatic carbocycles. The Morgan fingerprint density at radius 2 is 2.15 bits per heavy atom. The summed E-state index contributed by atoms with van der Waals surface area (Å²) in [5, 5.41) is 0. The van der Waals surface area contributed by atoms with E-state index in [-0.39, 0.29) is 24.0 Å². The SMILES string of the molecule is C=CCc1cc(C)[o+]c(C)c1S.[I-]. The molecule has 0 unspecified atom stereocenters. The molecule has 0 saturated carbocycles. The monoisotopic (exact) mass is 308 g/mol. The van der Waals surface area contributed by atoms with Crippen LogP contribution < -0.4 is 24.0 Å². The van der Waals surface area contributed by atoms with Gasteiger partial charge in [0.05, 0.1) is 13.8 Å². The lowest BCUT2D eigenvalue weighted by atomic mass is 10.1. The van der Waals surface area contributed by atoms with Gasteiger partial charge in [-0.1, -0.05) is 6.08 Å². The van der Waals surface area contributed by atoms with Crippen LogP contribution in [0.3, 0.4) is 0 Å². The highest BCUT2D eigenvalue weighted by Gasteiger charge is 2.13. The normalized spacial score (nSPS) is 9.15. The van der Waals surface area contributed by atoms with Gasteiger partial charge in [0.15, 0.2) is 0 Å². The van der Waals surface area contributed by atoms with E-state index in [2.05, 4.69) is 19.2 Å². The first-order valence-corrected chi connectivity index (χ1v) is 4.33. The molecular formula is C10H13IOS. The fourth-order valence-corrected chi connectivity index (χ4v) is 1.37. The second kappa shape index (κ2) is 5.65. The van der Waals surface area contributed by atoms with Crippen LogP contribution in [0.5, 0.6) is 0 Å². The number of halogens is 1. The van der Waals surface area contributed by atoms with Crippen LogP contribution >= 0.6 is 12.6 Å². The molecule has 0 amide bonds. The maximum absolute atomic E-state index is 5.38. The third kappa shape index (κ3) is 3.31. The van der Waals surface area contributed by atoms with Gasteiger partial charge >= 0.3 is 11.5 Å². The number of allylic oxidation sites excluding steroid dienone is 1. The van der Waals surface area contributed by atoms with Gasteiger partial charge in [-0.3, -0.25) is 0 Å². The van der Waals surface area contributed by atoms with Crippen molar-refractivity contribution in [3.63, 3.8) is 0 Å². The van der Waals surface area contributed by atoms with Gasteiger partial charge in [-0.2, -0.15) is 0 Å². The maximum atomic E-state index is 5.38. The van der Waals surface area contributed by atoms with Gasteiger partial charge in [-0.05, 0) is 12.0 Å². The van der Waals surface area contributed by atoms with E-state index in [1.54, 1.807) is 0 Å². The molecule has 1 heterocycles. The predicted molar refractivity (Wildman–Crippen MR) is 53.7 cm³/mol. The standard InChI is InChI=1S/C10H12OS.HI/c1-4-5-9-6-7(2)11-8(3)10(9)12;/h4,6H,1,5H2,2-3H3;1H. The van der Waals surface area contributed by atoms with Gasteiger partial charge in [-0.25, -0.2) is 4.42 Å². The zero-order valence-electron chi connectivity index (χ0n) is 7.80. The van der Waals surface area contributed by atoms with Crippen molar-refractivity contribution >= 4 is 12.6 Å². The van der Waals surface area contributed by atoms with E-state index in [9.17, 15) is 0 Å². The Bertz CT molecular complexity index is 310. The zero-order valence-corrected chi connectivity index (χ0v) is 10.9. The van der Waals surface area contributed by atoms with Gasteiger partial charge in [0.1, 0.15) is 4.90 Å². The van der Waals surface area contributed by atoms with Crippen molar-refractivity contribution in [2.75, 3.05) is 0 Å². The van der Waals surface area contributed by atoms with E-state index in [0.717, 1.165) is 22.8 Å². The smallest absolute Gasteiger partial charge is 0.339 e. The molecule has 0 aliphatic heterocycles. The van der Waals surface area contributed by atoms with Crippen molar-refractivity contribution in [3.8, 4) is 0 Å². The lowest BCUT2D eigenvalue weighted by Gasteiger charge is -1.97. The second-order valence-electron chi connectivity index (χ2n) is 2.78. The van der Waals surface area contributed by atoms with Gasteiger partial charge < -0.3 is 24.0 Å². The molecule has 0 radical (unpaired) electrons. The minimum absolute atomic E-state index is 0. The minimum Gasteiger partial charge on any atom is -1.00 e. The van der Waals surface area contributed by atoms with Crippen molar-refractivity contribution in [1.82, 2.24) is 0 Å². The Kier molecular flexibility index (Phi) is 5.64. The molecule has 0 atom stereocenters. The number of aryl methyl sites for hydroxylation is 2. The fraction of sp³-hybridized carbons (Fsp3) is 0.300. The quantitative estimate of drug-likeness (QED) is 0.356. The highest BCUT2D eigenvalue weighted by atomic mass is 127. The van der Waals surface area contributed by atoms with E-state index in [1.165, 1.54) is 5.56 Å². The second-order valence-corrected chi connectivity index (χ2v) is 3.23. The Morgan fingerprint density at radius 1 is 1.54 bits per heavy atom. The zero-order chi connectivity index (χ0) is 9.14. The first kappa shape index (κ1) is 13.0. The Hall–Kier alpha value is -0.0300. The van der Waals surface area contributed by atoms with Gasteiger partial charge in [0.2, 0.25) is 0 Å². The van der Waals surface area contributed by atoms with Crippen LogP contribution in [0.4, 0.5) is 0 Å². The molecule has 1 rings (SSSR count).